The number of hydrogen-bond donors (Lipinski definition) is 2. The minimum atomic E-state index is -0.148. The molecule has 1 aromatic heterocycles. The van der Waals surface area contributed by atoms with Gasteiger partial charge in [0.2, 0.25) is 0 Å². The lowest BCUT2D eigenvalue weighted by Crippen LogP contribution is -2.15. The third-order valence-corrected chi connectivity index (χ3v) is 2.94. The fourth-order valence-electron chi connectivity index (χ4n) is 1.97. The van der Waals surface area contributed by atoms with Crippen LogP contribution in [0, 0.1) is 0 Å². The van der Waals surface area contributed by atoms with E-state index < -0.39 is 0 Å². The first kappa shape index (κ1) is 13.5. The molecular weight excluding hydrogens is 238 g/mol. The average molecular weight is 257 g/mol. The second kappa shape index (κ2) is 6.85. The Labute approximate surface area is 113 Å². The molecule has 1 heterocycles. The zero-order valence-corrected chi connectivity index (χ0v) is 11.1. The Morgan fingerprint density at radius 1 is 1.21 bits per heavy atom. The largest absolute Gasteiger partial charge is 0.394 e. The Morgan fingerprint density at radius 3 is 2.68 bits per heavy atom. The van der Waals surface area contributed by atoms with Crippen LogP contribution in [-0.4, -0.2) is 21.7 Å². The van der Waals surface area contributed by atoms with Crippen molar-refractivity contribution in [2.75, 3.05) is 11.9 Å². The van der Waals surface area contributed by atoms with E-state index in [-0.39, 0.29) is 12.6 Å². The standard InChI is InChI=1S/C15H19N3O/c1-2-6-13-9-15(17-11-16-13)18-14(10-19)12-7-4-3-5-8-12/h3-5,7-9,11,14,19H,2,6,10H2,1H3,(H,16,17,18). The number of benzene rings is 1. The molecule has 0 saturated carbocycles. The highest BCUT2D eigenvalue weighted by atomic mass is 16.3. The molecule has 2 N–H and O–H groups in total. The molecule has 0 amide bonds. The third kappa shape index (κ3) is 3.76. The van der Waals surface area contributed by atoms with E-state index in [9.17, 15) is 5.11 Å². The van der Waals surface area contributed by atoms with Gasteiger partial charge in [0.1, 0.15) is 12.1 Å². The first-order chi connectivity index (χ1) is 9.33. The number of hydrogen-bond acceptors (Lipinski definition) is 4. The summed E-state index contributed by atoms with van der Waals surface area (Å²) in [5.41, 5.74) is 2.06. The monoisotopic (exact) mass is 257 g/mol. The van der Waals surface area contributed by atoms with Gasteiger partial charge in [-0.15, -0.1) is 0 Å². The van der Waals surface area contributed by atoms with Crippen LogP contribution in [0.2, 0.25) is 0 Å². The zero-order chi connectivity index (χ0) is 13.5. The number of aliphatic hydroxyl groups is 1. The third-order valence-electron chi connectivity index (χ3n) is 2.94. The van der Waals surface area contributed by atoms with E-state index in [4.69, 9.17) is 0 Å². The minimum absolute atomic E-state index is 0.0249. The van der Waals surface area contributed by atoms with Crippen LogP contribution in [0.5, 0.6) is 0 Å². The number of nitrogens with one attached hydrogen (secondary N) is 1. The molecule has 0 saturated heterocycles. The van der Waals surface area contributed by atoms with Gasteiger partial charge >= 0.3 is 0 Å². The average Bonchev–Trinajstić information content (AvgIpc) is 2.46. The van der Waals surface area contributed by atoms with Gasteiger partial charge in [0.25, 0.3) is 0 Å². The molecule has 0 aliphatic rings. The van der Waals surface area contributed by atoms with Gasteiger partial charge < -0.3 is 10.4 Å². The van der Waals surface area contributed by atoms with Crippen molar-refractivity contribution in [3.8, 4) is 0 Å². The van der Waals surface area contributed by atoms with Crippen molar-refractivity contribution < 1.29 is 5.11 Å². The SMILES string of the molecule is CCCc1cc(NC(CO)c2ccccc2)ncn1. The smallest absolute Gasteiger partial charge is 0.130 e. The van der Waals surface area contributed by atoms with Gasteiger partial charge in [-0.05, 0) is 12.0 Å². The molecule has 19 heavy (non-hydrogen) atoms. The number of rotatable bonds is 6. The van der Waals surface area contributed by atoms with Crippen molar-refractivity contribution in [3.63, 3.8) is 0 Å². The number of aromatic nitrogens is 2. The van der Waals surface area contributed by atoms with Crippen LogP contribution in [-0.2, 0) is 6.42 Å². The van der Waals surface area contributed by atoms with Crippen molar-refractivity contribution in [2.24, 2.45) is 0 Å². The van der Waals surface area contributed by atoms with E-state index in [1.165, 1.54) is 0 Å². The topological polar surface area (TPSA) is 58.0 Å². The van der Waals surface area contributed by atoms with Gasteiger partial charge in [-0.25, -0.2) is 9.97 Å². The van der Waals surface area contributed by atoms with Crippen molar-refractivity contribution in [3.05, 3.63) is 54.0 Å². The van der Waals surface area contributed by atoms with Crippen LogP contribution < -0.4 is 5.32 Å². The molecule has 0 spiro atoms. The minimum Gasteiger partial charge on any atom is -0.394 e. The molecule has 100 valence electrons. The molecule has 0 aliphatic carbocycles. The zero-order valence-electron chi connectivity index (χ0n) is 11.1. The molecule has 4 nitrogen and oxygen atoms in total. The Hall–Kier alpha value is -1.94. The highest BCUT2D eigenvalue weighted by Crippen LogP contribution is 2.17. The molecular formula is C15H19N3O. The predicted octanol–water partition coefficient (Wildman–Crippen LogP) is 2.57. The van der Waals surface area contributed by atoms with Crippen molar-refractivity contribution in [2.45, 2.75) is 25.8 Å². The summed E-state index contributed by atoms with van der Waals surface area (Å²) in [5.74, 6) is 0.751. The van der Waals surface area contributed by atoms with Gasteiger partial charge in [-0.3, -0.25) is 0 Å². The van der Waals surface area contributed by atoms with Gasteiger partial charge in [0, 0.05) is 11.8 Å². The van der Waals surface area contributed by atoms with E-state index in [1.54, 1.807) is 6.33 Å². The van der Waals surface area contributed by atoms with Crippen LogP contribution in [0.3, 0.4) is 0 Å². The van der Waals surface area contributed by atoms with Crippen molar-refractivity contribution in [1.82, 2.24) is 9.97 Å². The fourth-order valence-corrected chi connectivity index (χ4v) is 1.97. The van der Waals surface area contributed by atoms with E-state index in [0.717, 1.165) is 29.9 Å². The number of aryl methyl sites for hydroxylation is 1. The summed E-state index contributed by atoms with van der Waals surface area (Å²) in [4.78, 5) is 8.42. The van der Waals surface area contributed by atoms with Crippen LogP contribution in [0.4, 0.5) is 5.82 Å². The number of aliphatic hydroxyl groups excluding tert-OH is 1. The lowest BCUT2D eigenvalue weighted by Gasteiger charge is -2.17. The first-order valence-electron chi connectivity index (χ1n) is 6.56. The summed E-state index contributed by atoms with van der Waals surface area (Å²) in [6, 6.07) is 11.6. The Kier molecular flexibility index (Phi) is 4.86. The maximum absolute atomic E-state index is 9.51. The second-order valence-electron chi connectivity index (χ2n) is 4.43. The molecule has 2 aromatic rings. The van der Waals surface area contributed by atoms with Gasteiger partial charge in [0.05, 0.1) is 12.6 Å². The maximum Gasteiger partial charge on any atom is 0.130 e. The molecule has 1 atom stereocenters. The Balaban J connectivity index is 2.12. The number of nitrogens with zero attached hydrogens (tertiary/aromatic N) is 2. The summed E-state index contributed by atoms with van der Waals surface area (Å²) in [6.07, 6.45) is 3.55. The lowest BCUT2D eigenvalue weighted by molar-refractivity contribution is 0.276. The quantitative estimate of drug-likeness (QED) is 0.835. The molecule has 0 bridgehead atoms. The highest BCUT2D eigenvalue weighted by Gasteiger charge is 2.10. The molecule has 4 heteroatoms. The van der Waals surface area contributed by atoms with E-state index in [2.05, 4.69) is 22.2 Å². The van der Waals surface area contributed by atoms with Crippen molar-refractivity contribution >= 4 is 5.82 Å². The normalized spacial score (nSPS) is 12.1. The maximum atomic E-state index is 9.51. The van der Waals surface area contributed by atoms with Gasteiger partial charge in [0.15, 0.2) is 0 Å². The van der Waals surface area contributed by atoms with Gasteiger partial charge in [-0.2, -0.15) is 0 Å². The van der Waals surface area contributed by atoms with E-state index >= 15 is 0 Å². The molecule has 0 radical (unpaired) electrons. The molecule has 1 unspecified atom stereocenters. The molecule has 0 aliphatic heterocycles. The fraction of sp³-hybridized carbons (Fsp3) is 0.333. The van der Waals surface area contributed by atoms with Crippen LogP contribution in [0.1, 0.15) is 30.6 Å². The Morgan fingerprint density at radius 2 is 2.00 bits per heavy atom. The molecule has 1 aromatic carbocycles. The molecule has 0 fully saturated rings. The second-order valence-corrected chi connectivity index (χ2v) is 4.43. The summed E-state index contributed by atoms with van der Waals surface area (Å²) >= 11 is 0. The number of anilines is 1. The van der Waals surface area contributed by atoms with Crippen LogP contribution >= 0.6 is 0 Å². The molecule has 2 rings (SSSR count). The van der Waals surface area contributed by atoms with Gasteiger partial charge in [-0.1, -0.05) is 43.7 Å². The summed E-state index contributed by atoms with van der Waals surface area (Å²) in [5, 5.41) is 12.8. The van der Waals surface area contributed by atoms with Crippen LogP contribution in [0.25, 0.3) is 0 Å². The van der Waals surface area contributed by atoms with E-state index in [1.807, 2.05) is 36.4 Å². The highest BCUT2D eigenvalue weighted by molar-refractivity contribution is 5.39. The lowest BCUT2D eigenvalue weighted by atomic mass is 10.1. The summed E-state index contributed by atoms with van der Waals surface area (Å²) in [7, 11) is 0. The summed E-state index contributed by atoms with van der Waals surface area (Å²) < 4.78 is 0. The van der Waals surface area contributed by atoms with Crippen molar-refractivity contribution in [1.29, 1.82) is 0 Å². The predicted molar refractivity (Wildman–Crippen MR) is 75.9 cm³/mol. The summed E-state index contributed by atoms with van der Waals surface area (Å²) in [6.45, 7) is 2.15. The van der Waals surface area contributed by atoms with Crippen LogP contribution in [0.15, 0.2) is 42.7 Å². The first-order valence-corrected chi connectivity index (χ1v) is 6.56. The van der Waals surface area contributed by atoms with E-state index in [0.29, 0.717) is 0 Å². The Bertz CT molecular complexity index is 502.